The highest BCUT2D eigenvalue weighted by Crippen LogP contribution is 2.38. The van der Waals surface area contributed by atoms with Gasteiger partial charge in [0, 0.05) is 43.8 Å². The first kappa shape index (κ1) is 37.1. The molecule has 2 saturated heterocycles. The van der Waals surface area contributed by atoms with Gasteiger partial charge in [0.25, 0.3) is 12.4 Å². The molecule has 4 atom stereocenters. The number of piperazine rings is 1. The lowest BCUT2D eigenvalue weighted by Gasteiger charge is -2.45. The second kappa shape index (κ2) is 16.7. The fourth-order valence-electron chi connectivity index (χ4n) is 7.32. The molecule has 0 aromatic heterocycles. The number of halogens is 3. The molecule has 3 aromatic carbocycles. The number of aliphatic hydroxyl groups is 1. The predicted molar refractivity (Wildman–Crippen MR) is 187 cm³/mol. The first-order valence-corrected chi connectivity index (χ1v) is 17.6. The minimum absolute atomic E-state index is 0.0147. The van der Waals surface area contributed by atoms with Crippen molar-refractivity contribution in [1.82, 2.24) is 20.4 Å². The van der Waals surface area contributed by atoms with E-state index in [0.717, 1.165) is 47.2 Å². The quantitative estimate of drug-likeness (QED) is 0.133. The number of carboxylic acid groups (broad SMARTS) is 1. The fourth-order valence-corrected chi connectivity index (χ4v) is 7.32. The number of amides is 2. The molecule has 1 aliphatic carbocycles. The standard InChI is InChI=1S/C38H41F3N4O4.CH2O2/c39-30-14-15-31(40)36(35(30)41)49-16-4-7-23-8-10-25(11-9-23)29-17-26-21-44(37(47)32-18-28(46)19-42-32)22-33(43-26)34(29)38(48)45(27-12-13-27)20-24-5-2-1-3-6-24;2-1-3/h1-3,5-6,8-11,14-15,26-28,32-33,42-43,46H,4,7,12-13,16-22H2;1H,(H,2,3)/t26-,28+,32?,33-;/m0./s1. The van der Waals surface area contributed by atoms with Gasteiger partial charge in [-0.3, -0.25) is 14.4 Å². The smallest absolute Gasteiger partial charge is 0.290 e. The molecule has 10 nitrogen and oxygen atoms in total. The van der Waals surface area contributed by atoms with Crippen LogP contribution in [0.4, 0.5) is 13.2 Å². The average molecular weight is 721 g/mol. The Labute approximate surface area is 300 Å². The van der Waals surface area contributed by atoms with Crippen LogP contribution in [0.1, 0.15) is 48.8 Å². The van der Waals surface area contributed by atoms with Crippen LogP contribution >= 0.6 is 0 Å². The molecule has 1 saturated carbocycles. The van der Waals surface area contributed by atoms with Crippen molar-refractivity contribution in [3.8, 4) is 5.75 Å². The highest BCUT2D eigenvalue weighted by molar-refractivity contribution is 6.03. The van der Waals surface area contributed by atoms with E-state index in [9.17, 15) is 27.9 Å². The van der Waals surface area contributed by atoms with Crippen LogP contribution in [0.15, 0.2) is 72.3 Å². The summed E-state index contributed by atoms with van der Waals surface area (Å²) in [6, 6.07) is 18.9. The Morgan fingerprint density at radius 1 is 0.962 bits per heavy atom. The van der Waals surface area contributed by atoms with Crippen LogP contribution in [0.3, 0.4) is 0 Å². The van der Waals surface area contributed by atoms with Crippen LogP contribution in [0.5, 0.6) is 5.75 Å². The van der Waals surface area contributed by atoms with Gasteiger partial charge in [0.1, 0.15) is 0 Å². The number of aryl methyl sites for hydroxylation is 1. The lowest BCUT2D eigenvalue weighted by atomic mass is 9.82. The van der Waals surface area contributed by atoms with Crippen LogP contribution in [-0.2, 0) is 27.3 Å². The molecule has 13 heteroatoms. The number of aliphatic hydroxyl groups excluding tert-OH is 1. The molecule has 3 aliphatic heterocycles. The van der Waals surface area contributed by atoms with Gasteiger partial charge in [-0.05, 0) is 72.9 Å². The molecule has 2 amide bonds. The summed E-state index contributed by atoms with van der Waals surface area (Å²) in [4.78, 5) is 40.4. The minimum atomic E-state index is -1.33. The summed E-state index contributed by atoms with van der Waals surface area (Å²) in [5.74, 6) is -4.20. The summed E-state index contributed by atoms with van der Waals surface area (Å²) in [5.41, 5.74) is 4.66. The van der Waals surface area contributed by atoms with E-state index < -0.39 is 35.3 Å². The predicted octanol–water partition coefficient (Wildman–Crippen LogP) is 4.06. The van der Waals surface area contributed by atoms with Crippen LogP contribution in [-0.4, -0.2) is 94.8 Å². The summed E-state index contributed by atoms with van der Waals surface area (Å²) in [5, 5.41) is 23.7. The van der Waals surface area contributed by atoms with Gasteiger partial charge in [-0.15, -0.1) is 0 Å². The molecular formula is C39H43F3N4O6. The third-order valence-corrected chi connectivity index (χ3v) is 9.96. The average Bonchev–Trinajstić information content (AvgIpc) is 3.90. The zero-order valence-electron chi connectivity index (χ0n) is 28.6. The summed E-state index contributed by atoms with van der Waals surface area (Å²) in [7, 11) is 0. The van der Waals surface area contributed by atoms with Gasteiger partial charge >= 0.3 is 0 Å². The van der Waals surface area contributed by atoms with E-state index in [2.05, 4.69) is 10.6 Å². The zero-order valence-corrected chi connectivity index (χ0v) is 28.6. The van der Waals surface area contributed by atoms with Crippen molar-refractivity contribution in [3.05, 3.63) is 106 Å². The molecule has 276 valence electrons. The van der Waals surface area contributed by atoms with Crippen molar-refractivity contribution >= 4 is 23.9 Å². The molecule has 52 heavy (non-hydrogen) atoms. The van der Waals surface area contributed by atoms with E-state index in [1.807, 2.05) is 64.4 Å². The van der Waals surface area contributed by atoms with Crippen LogP contribution in [0, 0.1) is 17.5 Å². The van der Waals surface area contributed by atoms with E-state index in [4.69, 9.17) is 14.6 Å². The Morgan fingerprint density at radius 3 is 2.35 bits per heavy atom. The first-order chi connectivity index (χ1) is 25.2. The van der Waals surface area contributed by atoms with Gasteiger partial charge in [-0.25, -0.2) is 8.78 Å². The Bertz CT molecular complexity index is 1770. The van der Waals surface area contributed by atoms with Gasteiger partial charge < -0.3 is 35.4 Å². The number of benzene rings is 3. The maximum Gasteiger partial charge on any atom is 0.290 e. The molecule has 4 aliphatic rings. The molecular weight excluding hydrogens is 677 g/mol. The number of nitrogens with one attached hydrogen (secondary N) is 2. The number of β-amino-alcohol motifs (C(OH)–C–C–N with tert-alkyl or cyclic N) is 1. The monoisotopic (exact) mass is 720 g/mol. The van der Waals surface area contributed by atoms with Gasteiger partial charge in [0.05, 0.1) is 24.8 Å². The normalized spacial score (nSPS) is 22.3. The van der Waals surface area contributed by atoms with E-state index >= 15 is 0 Å². The van der Waals surface area contributed by atoms with Gasteiger partial charge in [-0.1, -0.05) is 54.6 Å². The van der Waals surface area contributed by atoms with E-state index in [0.29, 0.717) is 57.4 Å². The van der Waals surface area contributed by atoms with Gasteiger partial charge in [-0.2, -0.15) is 4.39 Å². The topological polar surface area (TPSA) is 131 Å². The van der Waals surface area contributed by atoms with Crippen molar-refractivity contribution in [1.29, 1.82) is 0 Å². The second-order valence-electron chi connectivity index (χ2n) is 13.7. The fraction of sp³-hybridized carbons (Fsp3) is 0.410. The van der Waals surface area contributed by atoms with E-state index in [1.54, 1.807) is 0 Å². The molecule has 3 heterocycles. The maximum atomic E-state index is 14.7. The largest absolute Gasteiger partial charge is 0.488 e. The third-order valence-electron chi connectivity index (χ3n) is 9.96. The number of fused-ring (bicyclic) bond motifs is 2. The Kier molecular flexibility index (Phi) is 11.9. The molecule has 3 aromatic rings. The van der Waals surface area contributed by atoms with Gasteiger partial charge in [0.15, 0.2) is 17.4 Å². The number of hydrogen-bond donors (Lipinski definition) is 4. The lowest BCUT2D eigenvalue weighted by Crippen LogP contribution is -2.63. The molecule has 3 fully saturated rings. The van der Waals surface area contributed by atoms with Crippen LogP contribution < -0.4 is 15.4 Å². The molecule has 2 bridgehead atoms. The summed E-state index contributed by atoms with van der Waals surface area (Å²) in [6.07, 6.45) is 3.36. The Hall–Kier alpha value is -4.72. The Morgan fingerprint density at radius 2 is 1.67 bits per heavy atom. The summed E-state index contributed by atoms with van der Waals surface area (Å²) >= 11 is 0. The summed E-state index contributed by atoms with van der Waals surface area (Å²) in [6.45, 7) is 1.54. The van der Waals surface area contributed by atoms with E-state index in [1.165, 1.54) is 0 Å². The number of carbonyl (C=O) groups excluding carboxylic acids is 2. The van der Waals surface area contributed by atoms with Crippen LogP contribution in [0.25, 0.3) is 5.57 Å². The highest BCUT2D eigenvalue weighted by Gasteiger charge is 2.44. The van der Waals surface area contributed by atoms with Crippen molar-refractivity contribution in [2.24, 2.45) is 0 Å². The van der Waals surface area contributed by atoms with Crippen molar-refractivity contribution in [3.63, 3.8) is 0 Å². The molecule has 4 N–H and O–H groups in total. The number of nitrogens with zero attached hydrogens (tertiary/aromatic N) is 2. The number of hydrogen-bond acceptors (Lipinski definition) is 7. The SMILES string of the molecule is O=C(C1C[C@@H](O)CN1)N1C[C@@H]2CC(c3ccc(CCCOc4c(F)ccc(F)c4F)cc3)=C(C(=O)N(Cc3ccccc3)C3CC3)[C@H](C1)N2.O=CO. The Balaban J connectivity index is 0.00000150. The molecule has 0 radical (unpaired) electrons. The van der Waals surface area contributed by atoms with Crippen molar-refractivity contribution in [2.75, 3.05) is 26.2 Å². The minimum Gasteiger partial charge on any atom is -0.488 e. The lowest BCUT2D eigenvalue weighted by molar-refractivity contribution is -0.136. The third kappa shape index (κ3) is 8.66. The molecule has 0 spiro atoms. The zero-order chi connectivity index (χ0) is 36.8. The maximum absolute atomic E-state index is 14.7. The van der Waals surface area contributed by atoms with Crippen molar-refractivity contribution in [2.45, 2.75) is 75.3 Å². The number of rotatable bonds is 11. The van der Waals surface area contributed by atoms with E-state index in [-0.39, 0.29) is 43.0 Å². The summed E-state index contributed by atoms with van der Waals surface area (Å²) < 4.78 is 46.6. The highest BCUT2D eigenvalue weighted by atomic mass is 19.2. The number of carbonyl (C=O) groups is 3. The number of ether oxygens (including phenoxy) is 1. The second-order valence-corrected chi connectivity index (χ2v) is 13.7. The van der Waals surface area contributed by atoms with Crippen LogP contribution in [0.2, 0.25) is 0 Å². The molecule has 1 unspecified atom stereocenters. The van der Waals surface area contributed by atoms with Gasteiger partial charge in [0.2, 0.25) is 11.7 Å². The van der Waals surface area contributed by atoms with Crippen molar-refractivity contribution < 1.29 is 42.5 Å². The first-order valence-electron chi connectivity index (χ1n) is 17.6. The molecule has 7 rings (SSSR count).